The van der Waals surface area contributed by atoms with Crippen molar-refractivity contribution in [1.29, 1.82) is 0 Å². The molecule has 4 rings (SSSR count). The molecule has 0 saturated carbocycles. The summed E-state index contributed by atoms with van der Waals surface area (Å²) in [5.41, 5.74) is 1.88. The minimum atomic E-state index is -0.118. The molecule has 0 bridgehead atoms. The molecule has 6 nitrogen and oxygen atoms in total. The topological polar surface area (TPSA) is 63.7 Å². The molecule has 1 N–H and O–H groups in total. The Bertz CT molecular complexity index is 824. The van der Waals surface area contributed by atoms with Crippen LogP contribution in [-0.2, 0) is 24.2 Å². The molecule has 0 fully saturated rings. The minimum absolute atomic E-state index is 0.118. The predicted molar refractivity (Wildman–Crippen MR) is 96.9 cm³/mol. The molecular formula is C17H18ClN3O3S. The SMILES string of the molecule is CN1CCc2nc(NC(=O)Cc3cc(Cl)c4c(c3)OCCO4)sc2C1. The lowest BCUT2D eigenvalue weighted by Gasteiger charge is -2.20. The van der Waals surface area contributed by atoms with Gasteiger partial charge in [-0.15, -0.1) is 11.3 Å². The Hall–Kier alpha value is -1.83. The van der Waals surface area contributed by atoms with Crippen LogP contribution >= 0.6 is 22.9 Å². The van der Waals surface area contributed by atoms with Crippen LogP contribution in [0.2, 0.25) is 5.02 Å². The number of likely N-dealkylation sites (N-methyl/N-ethyl adjacent to an activating group) is 1. The van der Waals surface area contributed by atoms with Crippen LogP contribution in [0.3, 0.4) is 0 Å². The third-order valence-corrected chi connectivity index (χ3v) is 5.47. The van der Waals surface area contributed by atoms with Gasteiger partial charge in [0.05, 0.1) is 17.1 Å². The van der Waals surface area contributed by atoms with Crippen molar-refractivity contribution >= 4 is 34.0 Å². The highest BCUT2D eigenvalue weighted by Gasteiger charge is 2.20. The van der Waals surface area contributed by atoms with Crippen molar-refractivity contribution in [2.75, 3.05) is 32.1 Å². The number of rotatable bonds is 3. The Morgan fingerprint density at radius 3 is 3.12 bits per heavy atom. The van der Waals surface area contributed by atoms with Gasteiger partial charge < -0.3 is 19.7 Å². The summed E-state index contributed by atoms with van der Waals surface area (Å²) in [6.07, 6.45) is 1.14. The van der Waals surface area contributed by atoms with Crippen molar-refractivity contribution < 1.29 is 14.3 Å². The van der Waals surface area contributed by atoms with E-state index in [4.69, 9.17) is 21.1 Å². The summed E-state index contributed by atoms with van der Waals surface area (Å²) in [5, 5.41) is 4.02. The van der Waals surface area contributed by atoms with Gasteiger partial charge in [0, 0.05) is 24.4 Å². The van der Waals surface area contributed by atoms with Crippen molar-refractivity contribution in [3.63, 3.8) is 0 Å². The Morgan fingerprint density at radius 2 is 2.24 bits per heavy atom. The van der Waals surface area contributed by atoms with Gasteiger partial charge in [-0.3, -0.25) is 4.79 Å². The van der Waals surface area contributed by atoms with E-state index in [1.54, 1.807) is 17.4 Å². The lowest BCUT2D eigenvalue weighted by molar-refractivity contribution is -0.115. The van der Waals surface area contributed by atoms with E-state index in [0.717, 1.165) is 30.8 Å². The normalized spacial score (nSPS) is 16.4. The van der Waals surface area contributed by atoms with Crippen LogP contribution in [0.4, 0.5) is 5.13 Å². The third kappa shape index (κ3) is 3.58. The molecule has 0 radical (unpaired) electrons. The van der Waals surface area contributed by atoms with E-state index in [-0.39, 0.29) is 12.3 Å². The number of benzene rings is 1. The number of fused-ring (bicyclic) bond motifs is 2. The first kappa shape index (κ1) is 16.6. The van der Waals surface area contributed by atoms with E-state index in [0.29, 0.717) is 34.9 Å². The summed E-state index contributed by atoms with van der Waals surface area (Å²) >= 11 is 7.77. The number of hydrogen-bond acceptors (Lipinski definition) is 6. The van der Waals surface area contributed by atoms with Gasteiger partial charge in [0.2, 0.25) is 5.91 Å². The summed E-state index contributed by atoms with van der Waals surface area (Å²) in [7, 11) is 2.09. The summed E-state index contributed by atoms with van der Waals surface area (Å²) < 4.78 is 11.0. The zero-order valence-corrected chi connectivity index (χ0v) is 15.4. The maximum absolute atomic E-state index is 12.4. The van der Waals surface area contributed by atoms with Gasteiger partial charge in [0.15, 0.2) is 16.6 Å². The molecule has 3 heterocycles. The van der Waals surface area contributed by atoms with Crippen molar-refractivity contribution in [3.8, 4) is 11.5 Å². The average Bonchev–Trinajstić information content (AvgIpc) is 2.96. The van der Waals surface area contributed by atoms with E-state index in [1.807, 2.05) is 6.07 Å². The van der Waals surface area contributed by atoms with E-state index >= 15 is 0 Å². The van der Waals surface area contributed by atoms with E-state index < -0.39 is 0 Å². The van der Waals surface area contributed by atoms with Gasteiger partial charge in [-0.25, -0.2) is 4.98 Å². The van der Waals surface area contributed by atoms with E-state index in [9.17, 15) is 4.79 Å². The van der Waals surface area contributed by atoms with Crippen LogP contribution in [0.1, 0.15) is 16.1 Å². The highest BCUT2D eigenvalue weighted by molar-refractivity contribution is 7.15. The maximum Gasteiger partial charge on any atom is 0.230 e. The first-order valence-corrected chi connectivity index (χ1v) is 9.33. The zero-order valence-electron chi connectivity index (χ0n) is 13.8. The molecule has 8 heteroatoms. The molecule has 1 amide bonds. The van der Waals surface area contributed by atoms with E-state index in [2.05, 4.69) is 22.2 Å². The second-order valence-electron chi connectivity index (χ2n) is 6.20. The van der Waals surface area contributed by atoms with Crippen LogP contribution in [0.25, 0.3) is 0 Å². The summed E-state index contributed by atoms with van der Waals surface area (Å²) in [6, 6.07) is 3.55. The molecule has 1 aromatic heterocycles. The molecule has 2 aliphatic heterocycles. The molecule has 1 aromatic carbocycles. The molecule has 0 atom stereocenters. The fourth-order valence-corrected chi connectivity index (χ4v) is 4.38. The molecular weight excluding hydrogens is 362 g/mol. The van der Waals surface area contributed by atoms with Crippen LogP contribution in [0.15, 0.2) is 12.1 Å². The van der Waals surface area contributed by atoms with Gasteiger partial charge in [-0.2, -0.15) is 0 Å². The fraction of sp³-hybridized carbons (Fsp3) is 0.412. The maximum atomic E-state index is 12.4. The van der Waals surface area contributed by atoms with Gasteiger partial charge >= 0.3 is 0 Å². The zero-order chi connectivity index (χ0) is 17.4. The van der Waals surface area contributed by atoms with Crippen molar-refractivity contribution in [1.82, 2.24) is 9.88 Å². The van der Waals surface area contributed by atoms with Crippen LogP contribution in [0, 0.1) is 0 Å². The first-order chi connectivity index (χ1) is 12.1. The number of nitrogens with zero attached hydrogens (tertiary/aromatic N) is 2. The standard InChI is InChI=1S/C17H18ClN3O3S/c1-21-3-2-12-14(9-21)25-17(19-12)20-15(22)8-10-6-11(18)16-13(7-10)23-4-5-24-16/h6-7H,2-5,8-9H2,1H3,(H,19,20,22). The number of hydrogen-bond donors (Lipinski definition) is 1. The minimum Gasteiger partial charge on any atom is -0.486 e. The number of aromatic nitrogens is 1. The summed E-state index contributed by atoms with van der Waals surface area (Å²) in [4.78, 5) is 20.4. The Balaban J connectivity index is 1.45. The predicted octanol–water partition coefficient (Wildman–Crippen LogP) is 2.74. The highest BCUT2D eigenvalue weighted by Crippen LogP contribution is 2.38. The average molecular weight is 380 g/mol. The van der Waals surface area contributed by atoms with Gasteiger partial charge in [-0.05, 0) is 24.7 Å². The number of carbonyl (C=O) groups is 1. The number of halogens is 1. The second kappa shape index (κ2) is 6.82. The molecule has 2 aliphatic rings. The Morgan fingerprint density at radius 1 is 1.40 bits per heavy atom. The molecule has 0 saturated heterocycles. The molecule has 25 heavy (non-hydrogen) atoms. The lowest BCUT2D eigenvalue weighted by Crippen LogP contribution is -2.25. The number of thiazole rings is 1. The number of ether oxygens (including phenoxy) is 2. The Kier molecular flexibility index (Phi) is 4.54. The van der Waals surface area contributed by atoms with Crippen LogP contribution < -0.4 is 14.8 Å². The third-order valence-electron chi connectivity index (χ3n) is 4.19. The number of nitrogens with one attached hydrogen (secondary N) is 1. The monoisotopic (exact) mass is 379 g/mol. The fourth-order valence-electron chi connectivity index (χ4n) is 2.99. The van der Waals surface area contributed by atoms with Gasteiger partial charge in [-0.1, -0.05) is 11.6 Å². The first-order valence-electron chi connectivity index (χ1n) is 8.13. The number of carbonyl (C=O) groups excluding carboxylic acids is 1. The highest BCUT2D eigenvalue weighted by atomic mass is 35.5. The van der Waals surface area contributed by atoms with Crippen LogP contribution in [-0.4, -0.2) is 42.6 Å². The van der Waals surface area contributed by atoms with Crippen molar-refractivity contribution in [2.45, 2.75) is 19.4 Å². The number of amides is 1. The summed E-state index contributed by atoms with van der Waals surface area (Å²) in [6.45, 7) is 2.86. The summed E-state index contributed by atoms with van der Waals surface area (Å²) in [5.74, 6) is 1.02. The Labute approximate surface area is 154 Å². The van der Waals surface area contributed by atoms with Crippen LogP contribution in [0.5, 0.6) is 11.5 Å². The van der Waals surface area contributed by atoms with Crippen molar-refractivity contribution in [3.05, 3.63) is 33.3 Å². The molecule has 2 aromatic rings. The smallest absolute Gasteiger partial charge is 0.230 e. The molecule has 0 unspecified atom stereocenters. The molecule has 0 aliphatic carbocycles. The second-order valence-corrected chi connectivity index (χ2v) is 7.69. The lowest BCUT2D eigenvalue weighted by atomic mass is 10.1. The largest absolute Gasteiger partial charge is 0.486 e. The quantitative estimate of drug-likeness (QED) is 0.888. The van der Waals surface area contributed by atoms with Gasteiger partial charge in [0.25, 0.3) is 0 Å². The van der Waals surface area contributed by atoms with Crippen molar-refractivity contribution in [2.24, 2.45) is 0 Å². The van der Waals surface area contributed by atoms with Gasteiger partial charge in [0.1, 0.15) is 13.2 Å². The molecule has 0 spiro atoms. The molecule has 132 valence electrons. The van der Waals surface area contributed by atoms with E-state index in [1.165, 1.54) is 4.88 Å². The number of anilines is 1.